The number of rotatable bonds is 6. The van der Waals surface area contributed by atoms with Crippen molar-refractivity contribution in [3.05, 3.63) is 54.2 Å². The molecular weight excluding hydrogens is 356 g/mol. The smallest absolute Gasteiger partial charge is 0.246 e. The maximum Gasteiger partial charge on any atom is 0.246 e. The maximum absolute atomic E-state index is 12.5. The molecule has 0 spiro atoms. The molecule has 0 atom stereocenters. The summed E-state index contributed by atoms with van der Waals surface area (Å²) in [5.74, 6) is 1.94. The molecular formula is C21H22N4O3. The van der Waals surface area contributed by atoms with Crippen LogP contribution in [0.25, 0.3) is 6.08 Å². The van der Waals surface area contributed by atoms with Crippen LogP contribution in [-0.4, -0.2) is 55.7 Å². The van der Waals surface area contributed by atoms with Gasteiger partial charge in [0.25, 0.3) is 0 Å². The summed E-state index contributed by atoms with van der Waals surface area (Å²) < 4.78 is 10.6. The molecule has 1 saturated heterocycles. The number of nitriles is 1. The number of methoxy groups -OCH3 is 1. The predicted molar refractivity (Wildman–Crippen MR) is 106 cm³/mol. The number of hydrogen-bond donors (Lipinski definition) is 0. The first-order valence-corrected chi connectivity index (χ1v) is 9.02. The second-order valence-electron chi connectivity index (χ2n) is 6.19. The number of piperazine rings is 1. The van der Waals surface area contributed by atoms with Crippen molar-refractivity contribution in [3.63, 3.8) is 0 Å². The standard InChI is InChI=1S/C21H22N4O3/c1-27-19-16-17(5-7-18(19)28-15-9-22)6-8-21(26)25-13-11-24(12-14-25)20-4-2-3-10-23-20/h2-8,10,16H,11-15H2,1H3/b8-6+. The average Bonchev–Trinajstić information content (AvgIpc) is 2.77. The van der Waals surface area contributed by atoms with Gasteiger partial charge in [0.15, 0.2) is 18.1 Å². The molecule has 0 N–H and O–H groups in total. The molecule has 1 fully saturated rings. The zero-order valence-corrected chi connectivity index (χ0v) is 15.7. The lowest BCUT2D eigenvalue weighted by atomic mass is 10.2. The number of hydrogen-bond acceptors (Lipinski definition) is 6. The van der Waals surface area contributed by atoms with Crippen molar-refractivity contribution in [2.24, 2.45) is 0 Å². The number of aromatic nitrogens is 1. The molecule has 1 aliphatic heterocycles. The molecule has 144 valence electrons. The minimum atomic E-state index is -0.0471. The predicted octanol–water partition coefficient (Wildman–Crippen LogP) is 2.35. The second-order valence-corrected chi connectivity index (χ2v) is 6.19. The van der Waals surface area contributed by atoms with Gasteiger partial charge in [-0.15, -0.1) is 0 Å². The third-order valence-electron chi connectivity index (χ3n) is 4.46. The molecule has 0 saturated carbocycles. The molecule has 2 heterocycles. The Morgan fingerprint density at radius 1 is 1.21 bits per heavy atom. The van der Waals surface area contributed by atoms with E-state index in [9.17, 15) is 4.79 Å². The van der Waals surface area contributed by atoms with Gasteiger partial charge in [-0.25, -0.2) is 4.98 Å². The molecule has 0 unspecified atom stereocenters. The van der Waals surface area contributed by atoms with Crippen LogP contribution in [0.3, 0.4) is 0 Å². The largest absolute Gasteiger partial charge is 0.493 e. The van der Waals surface area contributed by atoms with Crippen molar-refractivity contribution in [3.8, 4) is 17.6 Å². The minimum Gasteiger partial charge on any atom is -0.493 e. The Morgan fingerprint density at radius 2 is 2.04 bits per heavy atom. The van der Waals surface area contributed by atoms with E-state index in [-0.39, 0.29) is 12.5 Å². The van der Waals surface area contributed by atoms with Gasteiger partial charge in [0.1, 0.15) is 11.9 Å². The maximum atomic E-state index is 12.5. The summed E-state index contributed by atoms with van der Waals surface area (Å²) >= 11 is 0. The fraction of sp³-hybridized carbons (Fsp3) is 0.286. The van der Waals surface area contributed by atoms with Crippen LogP contribution >= 0.6 is 0 Å². The normalized spacial score (nSPS) is 14.0. The lowest BCUT2D eigenvalue weighted by molar-refractivity contribution is -0.126. The minimum absolute atomic E-state index is 0.0237. The van der Waals surface area contributed by atoms with Crippen molar-refractivity contribution in [2.45, 2.75) is 0 Å². The van der Waals surface area contributed by atoms with E-state index in [1.54, 1.807) is 30.5 Å². The van der Waals surface area contributed by atoms with Crippen LogP contribution in [0, 0.1) is 11.3 Å². The number of carbonyl (C=O) groups is 1. The van der Waals surface area contributed by atoms with Crippen molar-refractivity contribution in [2.75, 3.05) is 44.8 Å². The molecule has 0 radical (unpaired) electrons. The molecule has 28 heavy (non-hydrogen) atoms. The monoisotopic (exact) mass is 378 g/mol. The van der Waals surface area contributed by atoms with Crippen LogP contribution in [-0.2, 0) is 4.79 Å². The Balaban J connectivity index is 1.57. The lowest BCUT2D eigenvalue weighted by Gasteiger charge is -2.34. The van der Waals surface area contributed by atoms with E-state index in [0.29, 0.717) is 24.6 Å². The van der Waals surface area contributed by atoms with Gasteiger partial charge in [0, 0.05) is 38.5 Å². The van der Waals surface area contributed by atoms with E-state index in [1.807, 2.05) is 35.2 Å². The summed E-state index contributed by atoms with van der Waals surface area (Å²) in [5, 5.41) is 8.62. The number of carbonyl (C=O) groups excluding carboxylic acids is 1. The van der Waals surface area contributed by atoms with E-state index in [1.165, 1.54) is 7.11 Å². The van der Waals surface area contributed by atoms with Crippen LogP contribution in [0.1, 0.15) is 5.56 Å². The van der Waals surface area contributed by atoms with E-state index in [2.05, 4.69) is 9.88 Å². The molecule has 2 aromatic rings. The first kappa shape index (κ1) is 19.2. The summed E-state index contributed by atoms with van der Waals surface area (Å²) in [6.45, 7) is 2.78. The number of benzene rings is 1. The van der Waals surface area contributed by atoms with Crippen molar-refractivity contribution >= 4 is 17.8 Å². The topological polar surface area (TPSA) is 78.7 Å². The summed E-state index contributed by atoms with van der Waals surface area (Å²) in [6, 6.07) is 13.1. The van der Waals surface area contributed by atoms with E-state index in [4.69, 9.17) is 14.7 Å². The first-order chi connectivity index (χ1) is 13.7. The summed E-state index contributed by atoms with van der Waals surface area (Å²) in [4.78, 5) is 20.9. The fourth-order valence-electron chi connectivity index (χ4n) is 2.99. The SMILES string of the molecule is COc1cc(/C=C/C(=O)N2CCN(c3ccccn3)CC2)ccc1OCC#N. The van der Waals surface area contributed by atoms with Crippen LogP contribution in [0.4, 0.5) is 5.82 Å². The van der Waals surface area contributed by atoms with Gasteiger partial charge >= 0.3 is 0 Å². The van der Waals surface area contributed by atoms with Gasteiger partial charge in [0.05, 0.1) is 7.11 Å². The Kier molecular flexibility index (Phi) is 6.47. The molecule has 0 bridgehead atoms. The Labute approximate surface area is 164 Å². The molecule has 7 nitrogen and oxygen atoms in total. The van der Waals surface area contributed by atoms with Crippen LogP contribution in [0.2, 0.25) is 0 Å². The quantitative estimate of drug-likeness (QED) is 0.718. The van der Waals surface area contributed by atoms with E-state index >= 15 is 0 Å². The lowest BCUT2D eigenvalue weighted by Crippen LogP contribution is -2.48. The van der Waals surface area contributed by atoms with Crippen molar-refractivity contribution in [1.29, 1.82) is 5.26 Å². The molecule has 3 rings (SSSR count). The molecule has 7 heteroatoms. The van der Waals surface area contributed by atoms with E-state index < -0.39 is 0 Å². The Hall–Kier alpha value is -3.53. The molecule has 1 amide bonds. The highest BCUT2D eigenvalue weighted by Crippen LogP contribution is 2.28. The molecule has 1 aromatic heterocycles. The summed E-state index contributed by atoms with van der Waals surface area (Å²) in [5.41, 5.74) is 0.821. The number of anilines is 1. The number of nitrogens with zero attached hydrogens (tertiary/aromatic N) is 4. The first-order valence-electron chi connectivity index (χ1n) is 9.02. The van der Waals surface area contributed by atoms with Gasteiger partial charge in [-0.2, -0.15) is 5.26 Å². The molecule has 1 aliphatic rings. The fourth-order valence-corrected chi connectivity index (χ4v) is 2.99. The molecule has 0 aliphatic carbocycles. The molecule has 1 aromatic carbocycles. The Morgan fingerprint density at radius 3 is 2.71 bits per heavy atom. The van der Waals surface area contributed by atoms with Crippen LogP contribution in [0.5, 0.6) is 11.5 Å². The zero-order valence-electron chi connectivity index (χ0n) is 15.7. The third kappa shape index (κ3) is 4.80. The third-order valence-corrected chi connectivity index (χ3v) is 4.46. The van der Waals surface area contributed by atoms with Crippen molar-refractivity contribution < 1.29 is 14.3 Å². The van der Waals surface area contributed by atoms with Gasteiger partial charge in [-0.3, -0.25) is 4.79 Å². The zero-order chi connectivity index (χ0) is 19.8. The van der Waals surface area contributed by atoms with Gasteiger partial charge in [-0.1, -0.05) is 12.1 Å². The highest BCUT2D eigenvalue weighted by Gasteiger charge is 2.20. The van der Waals surface area contributed by atoms with Gasteiger partial charge in [-0.05, 0) is 35.9 Å². The average molecular weight is 378 g/mol. The van der Waals surface area contributed by atoms with Gasteiger partial charge in [0.2, 0.25) is 5.91 Å². The van der Waals surface area contributed by atoms with Crippen LogP contribution < -0.4 is 14.4 Å². The summed E-state index contributed by atoms with van der Waals surface area (Å²) in [7, 11) is 1.54. The summed E-state index contributed by atoms with van der Waals surface area (Å²) in [6.07, 6.45) is 5.10. The van der Waals surface area contributed by atoms with Crippen molar-refractivity contribution in [1.82, 2.24) is 9.88 Å². The highest BCUT2D eigenvalue weighted by molar-refractivity contribution is 5.92. The number of amides is 1. The second kappa shape index (κ2) is 9.42. The number of pyridine rings is 1. The number of ether oxygens (including phenoxy) is 2. The van der Waals surface area contributed by atoms with E-state index in [0.717, 1.165) is 24.5 Å². The van der Waals surface area contributed by atoms with Crippen LogP contribution in [0.15, 0.2) is 48.7 Å². The highest BCUT2D eigenvalue weighted by atomic mass is 16.5. The van der Waals surface area contributed by atoms with Gasteiger partial charge < -0.3 is 19.3 Å². The Bertz CT molecular complexity index is 869.